The van der Waals surface area contributed by atoms with Crippen LogP contribution in [0.5, 0.6) is 0 Å². The van der Waals surface area contributed by atoms with Gasteiger partial charge in [-0.3, -0.25) is 4.40 Å². The molecule has 0 atom stereocenters. The van der Waals surface area contributed by atoms with E-state index in [9.17, 15) is 0 Å². The van der Waals surface area contributed by atoms with Gasteiger partial charge in [0.05, 0.1) is 16.9 Å². The third-order valence-corrected chi connectivity index (χ3v) is 2.57. The van der Waals surface area contributed by atoms with Gasteiger partial charge < -0.3 is 0 Å². The third-order valence-electron chi connectivity index (χ3n) is 2.57. The summed E-state index contributed by atoms with van der Waals surface area (Å²) in [5, 5.41) is 8.19. The molecule has 15 heavy (non-hydrogen) atoms. The lowest BCUT2D eigenvalue weighted by Crippen LogP contribution is -1.93. The predicted molar refractivity (Wildman–Crippen MR) is 57.8 cm³/mol. The second kappa shape index (κ2) is 2.76. The fourth-order valence-corrected chi connectivity index (χ4v) is 1.84. The number of rotatable bonds is 0. The monoisotopic (exact) mass is 198 g/mol. The Morgan fingerprint density at radius 3 is 2.73 bits per heavy atom. The van der Waals surface area contributed by atoms with Crippen molar-refractivity contribution in [2.75, 3.05) is 0 Å². The van der Waals surface area contributed by atoms with Crippen LogP contribution >= 0.6 is 0 Å². The first-order chi connectivity index (χ1) is 7.27. The van der Waals surface area contributed by atoms with Crippen molar-refractivity contribution in [3.8, 4) is 0 Å². The molecular weight excluding hydrogens is 188 g/mol. The van der Waals surface area contributed by atoms with Crippen molar-refractivity contribution in [2.45, 2.75) is 13.8 Å². The number of pyridine rings is 1. The molecule has 4 nitrogen and oxygen atoms in total. The SMILES string of the molecule is Cc1nnc(C)c2c1nc1ccccn12. The van der Waals surface area contributed by atoms with Gasteiger partial charge in [-0.25, -0.2) is 4.98 Å². The van der Waals surface area contributed by atoms with Crippen molar-refractivity contribution in [3.05, 3.63) is 35.8 Å². The van der Waals surface area contributed by atoms with Crippen LogP contribution in [0.3, 0.4) is 0 Å². The standard InChI is InChI=1S/C11H10N4/c1-7-10-11(8(2)14-13-7)15-6-4-3-5-9(15)12-10/h3-6H,1-2H3. The number of hydrogen-bond donors (Lipinski definition) is 0. The minimum atomic E-state index is 0.874. The van der Waals surface area contributed by atoms with Gasteiger partial charge in [0.25, 0.3) is 0 Å². The van der Waals surface area contributed by atoms with Crippen LogP contribution in [0.2, 0.25) is 0 Å². The normalized spacial score (nSPS) is 11.3. The summed E-state index contributed by atoms with van der Waals surface area (Å²) in [6.45, 7) is 3.89. The number of fused-ring (bicyclic) bond motifs is 3. The highest BCUT2D eigenvalue weighted by Gasteiger charge is 2.10. The second-order valence-electron chi connectivity index (χ2n) is 3.61. The molecular formula is C11H10N4. The first-order valence-corrected chi connectivity index (χ1v) is 4.84. The highest BCUT2D eigenvalue weighted by molar-refractivity contribution is 5.83. The largest absolute Gasteiger partial charge is 0.298 e. The van der Waals surface area contributed by atoms with Crippen LogP contribution in [0.4, 0.5) is 0 Å². The first-order valence-electron chi connectivity index (χ1n) is 4.84. The van der Waals surface area contributed by atoms with Crippen molar-refractivity contribution in [1.82, 2.24) is 19.6 Å². The Morgan fingerprint density at radius 1 is 1.07 bits per heavy atom. The van der Waals surface area contributed by atoms with Crippen molar-refractivity contribution in [1.29, 1.82) is 0 Å². The Kier molecular flexibility index (Phi) is 1.54. The summed E-state index contributed by atoms with van der Waals surface area (Å²) < 4.78 is 2.05. The number of imidazole rings is 1. The van der Waals surface area contributed by atoms with E-state index >= 15 is 0 Å². The molecule has 3 heterocycles. The van der Waals surface area contributed by atoms with Crippen LogP contribution in [-0.2, 0) is 0 Å². The molecule has 0 aliphatic carbocycles. The van der Waals surface area contributed by atoms with Crippen LogP contribution in [0.1, 0.15) is 11.4 Å². The highest BCUT2D eigenvalue weighted by atomic mass is 15.1. The molecule has 0 saturated heterocycles. The Bertz CT molecular complexity index is 654. The van der Waals surface area contributed by atoms with E-state index in [-0.39, 0.29) is 0 Å². The maximum atomic E-state index is 4.54. The van der Waals surface area contributed by atoms with E-state index in [1.54, 1.807) is 0 Å². The molecule has 3 aromatic heterocycles. The fraction of sp³-hybridized carbons (Fsp3) is 0.182. The summed E-state index contributed by atoms with van der Waals surface area (Å²) in [6, 6.07) is 5.95. The van der Waals surface area contributed by atoms with Crippen LogP contribution in [0, 0.1) is 13.8 Å². The zero-order valence-electron chi connectivity index (χ0n) is 8.60. The van der Waals surface area contributed by atoms with E-state index in [0.29, 0.717) is 0 Å². The zero-order chi connectivity index (χ0) is 10.4. The number of aryl methyl sites for hydroxylation is 2. The van der Waals surface area contributed by atoms with Crippen LogP contribution in [0.25, 0.3) is 16.7 Å². The van der Waals surface area contributed by atoms with E-state index < -0.39 is 0 Å². The van der Waals surface area contributed by atoms with Crippen LogP contribution < -0.4 is 0 Å². The van der Waals surface area contributed by atoms with Gasteiger partial charge in [0.1, 0.15) is 11.2 Å². The van der Waals surface area contributed by atoms with E-state index in [4.69, 9.17) is 0 Å². The molecule has 0 saturated carbocycles. The Labute approximate surface area is 86.6 Å². The van der Waals surface area contributed by atoms with E-state index in [0.717, 1.165) is 28.1 Å². The van der Waals surface area contributed by atoms with Gasteiger partial charge in [0.2, 0.25) is 0 Å². The summed E-state index contributed by atoms with van der Waals surface area (Å²) in [4.78, 5) is 4.54. The topological polar surface area (TPSA) is 43.1 Å². The first kappa shape index (κ1) is 8.35. The summed E-state index contributed by atoms with van der Waals surface area (Å²) in [5.74, 6) is 0. The van der Waals surface area contributed by atoms with Crippen molar-refractivity contribution in [2.24, 2.45) is 0 Å². The molecule has 0 fully saturated rings. The molecule has 3 aromatic rings. The van der Waals surface area contributed by atoms with Crippen LogP contribution in [-0.4, -0.2) is 19.6 Å². The molecule has 3 rings (SSSR count). The lowest BCUT2D eigenvalue weighted by atomic mass is 10.3. The van der Waals surface area contributed by atoms with Crippen molar-refractivity contribution in [3.63, 3.8) is 0 Å². The zero-order valence-corrected chi connectivity index (χ0v) is 8.60. The van der Waals surface area contributed by atoms with Gasteiger partial charge in [0, 0.05) is 6.20 Å². The molecule has 0 bridgehead atoms. The molecule has 0 aliphatic heterocycles. The third kappa shape index (κ3) is 1.05. The Balaban J connectivity index is 2.66. The summed E-state index contributed by atoms with van der Waals surface area (Å²) in [6.07, 6.45) is 2.00. The van der Waals surface area contributed by atoms with Gasteiger partial charge in [-0.05, 0) is 26.0 Å². The maximum Gasteiger partial charge on any atom is 0.138 e. The number of nitrogens with zero attached hydrogens (tertiary/aromatic N) is 4. The summed E-state index contributed by atoms with van der Waals surface area (Å²) in [7, 11) is 0. The molecule has 0 N–H and O–H groups in total. The van der Waals surface area contributed by atoms with Gasteiger partial charge in [-0.1, -0.05) is 6.07 Å². The van der Waals surface area contributed by atoms with Gasteiger partial charge in [-0.2, -0.15) is 10.2 Å². The molecule has 74 valence electrons. The summed E-state index contributed by atoms with van der Waals surface area (Å²) >= 11 is 0. The minimum absolute atomic E-state index is 0.874. The lowest BCUT2D eigenvalue weighted by molar-refractivity contribution is 0.955. The quantitative estimate of drug-likeness (QED) is 0.554. The minimum Gasteiger partial charge on any atom is -0.298 e. The van der Waals surface area contributed by atoms with E-state index in [1.807, 2.05) is 42.6 Å². The molecule has 0 aliphatic rings. The Morgan fingerprint density at radius 2 is 1.87 bits per heavy atom. The predicted octanol–water partition coefficient (Wildman–Crippen LogP) is 1.89. The summed E-state index contributed by atoms with van der Waals surface area (Å²) in [5.41, 5.74) is 4.72. The molecule has 0 spiro atoms. The Hall–Kier alpha value is -1.97. The number of aromatic nitrogens is 4. The van der Waals surface area contributed by atoms with Crippen LogP contribution in [0.15, 0.2) is 24.4 Å². The smallest absolute Gasteiger partial charge is 0.138 e. The number of hydrogen-bond acceptors (Lipinski definition) is 3. The van der Waals surface area contributed by atoms with Crippen molar-refractivity contribution >= 4 is 16.7 Å². The molecule has 4 heteroatoms. The highest BCUT2D eigenvalue weighted by Crippen LogP contribution is 2.19. The lowest BCUT2D eigenvalue weighted by Gasteiger charge is -1.98. The van der Waals surface area contributed by atoms with Gasteiger partial charge in [-0.15, -0.1) is 0 Å². The van der Waals surface area contributed by atoms with E-state index in [2.05, 4.69) is 15.2 Å². The van der Waals surface area contributed by atoms with Gasteiger partial charge >= 0.3 is 0 Å². The second-order valence-corrected chi connectivity index (χ2v) is 3.61. The van der Waals surface area contributed by atoms with Crippen molar-refractivity contribution < 1.29 is 0 Å². The molecule has 0 amide bonds. The average Bonchev–Trinajstić information content (AvgIpc) is 2.64. The van der Waals surface area contributed by atoms with Gasteiger partial charge in [0.15, 0.2) is 0 Å². The fourth-order valence-electron chi connectivity index (χ4n) is 1.84. The average molecular weight is 198 g/mol. The molecule has 0 aromatic carbocycles. The molecule has 0 unspecified atom stereocenters. The van der Waals surface area contributed by atoms with E-state index in [1.165, 1.54) is 0 Å². The molecule has 0 radical (unpaired) electrons. The maximum absolute atomic E-state index is 4.54.